The van der Waals surface area contributed by atoms with E-state index in [-0.39, 0.29) is 0 Å². The number of halogens is 4. The lowest BCUT2D eigenvalue weighted by Gasteiger charge is -2.18. The van der Waals surface area contributed by atoms with E-state index in [4.69, 9.17) is 0 Å². The molecule has 1 aliphatic heterocycles. The molecule has 0 aliphatic carbocycles. The van der Waals surface area contributed by atoms with Crippen molar-refractivity contribution in [3.8, 4) is 0 Å². The van der Waals surface area contributed by atoms with Gasteiger partial charge >= 0.3 is 23.3 Å². The number of hydrogen-bond donors (Lipinski definition) is 0. The zero-order valence-electron chi connectivity index (χ0n) is 10.7. The summed E-state index contributed by atoms with van der Waals surface area (Å²) in [6.45, 7) is 3.45. The largest absolute Gasteiger partial charge is 0.441 e. The van der Waals surface area contributed by atoms with Crippen LogP contribution in [0.3, 0.4) is 0 Å². The van der Waals surface area contributed by atoms with E-state index in [2.05, 4.69) is 22.6 Å². The van der Waals surface area contributed by atoms with Crippen molar-refractivity contribution >= 4 is 23.3 Å². The monoisotopic (exact) mass is 353 g/mol. The van der Waals surface area contributed by atoms with Crippen molar-refractivity contribution in [3.05, 3.63) is 24.7 Å². The van der Waals surface area contributed by atoms with Crippen LogP contribution in [0.5, 0.6) is 0 Å². The normalized spacial score (nSPS) is 32.5. The van der Waals surface area contributed by atoms with Crippen LogP contribution in [0.1, 0.15) is 26.7 Å². The lowest BCUT2D eigenvalue weighted by atomic mass is 10.5. The van der Waals surface area contributed by atoms with E-state index in [9.17, 15) is 16.8 Å². The maximum Gasteiger partial charge on any atom is 0.441 e. The molecular formula is C8H14F4N3O2P3. The Morgan fingerprint density at radius 1 is 0.800 bits per heavy atom. The van der Waals surface area contributed by atoms with Gasteiger partial charge in [0.25, 0.3) is 0 Å². The molecule has 1 heterocycles. The quantitative estimate of drug-likeness (QED) is 0.280. The van der Waals surface area contributed by atoms with Gasteiger partial charge in [-0.15, -0.1) is 30.3 Å². The summed E-state index contributed by atoms with van der Waals surface area (Å²) in [5.41, 5.74) is 0. The molecule has 0 saturated heterocycles. The fourth-order valence-corrected chi connectivity index (χ4v) is 6.74. The Bertz CT molecular complexity index is 548. The van der Waals surface area contributed by atoms with Gasteiger partial charge in [-0.2, -0.15) is 0 Å². The van der Waals surface area contributed by atoms with Crippen molar-refractivity contribution in [1.82, 2.24) is 0 Å². The predicted octanol–water partition coefficient (Wildman–Crippen LogP) is 7.60. The van der Waals surface area contributed by atoms with Gasteiger partial charge in [-0.25, -0.2) is 0 Å². The standard InChI is InChI=1S/C8H14F4N3O2P3/c1-3-5-7-16-19(11)13-18(9,10)14-20(12,15-19)17-8-6-4-2/h5-8H,3-4H2,1-2H3. The van der Waals surface area contributed by atoms with E-state index in [0.29, 0.717) is 12.8 Å². The predicted molar refractivity (Wildman–Crippen MR) is 73.5 cm³/mol. The molecule has 2 unspecified atom stereocenters. The van der Waals surface area contributed by atoms with E-state index in [1.165, 1.54) is 12.2 Å². The average molecular weight is 353 g/mol. The first-order valence-electron chi connectivity index (χ1n) is 5.61. The minimum atomic E-state index is -5.49. The molecule has 20 heavy (non-hydrogen) atoms. The Morgan fingerprint density at radius 2 is 1.25 bits per heavy atom. The van der Waals surface area contributed by atoms with E-state index in [1.807, 2.05) is 0 Å². The van der Waals surface area contributed by atoms with Gasteiger partial charge in [0.1, 0.15) is 0 Å². The first kappa shape index (κ1) is 17.5. The summed E-state index contributed by atoms with van der Waals surface area (Å²) in [5.74, 6) is 0. The molecule has 0 spiro atoms. The molecule has 12 heteroatoms. The summed E-state index contributed by atoms with van der Waals surface area (Å²) in [6.07, 6.45) is 5.40. The van der Waals surface area contributed by atoms with E-state index in [1.54, 1.807) is 13.8 Å². The summed E-state index contributed by atoms with van der Waals surface area (Å²) in [5, 5.41) is 0. The Kier molecular flexibility index (Phi) is 6.11. The van der Waals surface area contributed by atoms with Gasteiger partial charge in [0.05, 0.1) is 12.5 Å². The molecular weight excluding hydrogens is 339 g/mol. The third-order valence-corrected chi connectivity index (χ3v) is 7.74. The molecule has 0 aromatic carbocycles. The SMILES string of the molecule is CCC=COP1(F)=NP(F)(F)=NP(F)(OC=CCC)=N1. The molecule has 0 amide bonds. The number of nitrogens with zero attached hydrogens (tertiary/aromatic N) is 3. The second-order valence-corrected chi connectivity index (χ2v) is 8.81. The van der Waals surface area contributed by atoms with Crippen molar-refractivity contribution in [1.29, 1.82) is 0 Å². The van der Waals surface area contributed by atoms with Gasteiger partial charge < -0.3 is 9.05 Å². The number of rotatable bonds is 6. The fourth-order valence-electron chi connectivity index (χ4n) is 0.973. The van der Waals surface area contributed by atoms with Crippen LogP contribution in [0, 0.1) is 0 Å². The Balaban J connectivity index is 3.17. The summed E-state index contributed by atoms with van der Waals surface area (Å²) < 4.78 is 71.7. The molecule has 0 N–H and O–H groups in total. The average Bonchev–Trinajstić information content (AvgIpc) is 2.25. The first-order chi connectivity index (χ1) is 9.24. The molecule has 0 aromatic heterocycles. The van der Waals surface area contributed by atoms with Crippen LogP contribution in [0.15, 0.2) is 38.2 Å². The van der Waals surface area contributed by atoms with Crippen molar-refractivity contribution < 1.29 is 25.8 Å². The topological polar surface area (TPSA) is 55.5 Å². The second kappa shape index (κ2) is 6.97. The highest BCUT2D eigenvalue weighted by Crippen LogP contribution is 2.81. The molecule has 5 nitrogen and oxygen atoms in total. The number of allylic oxidation sites excluding steroid dienone is 2. The van der Waals surface area contributed by atoms with Gasteiger partial charge in [0, 0.05) is 0 Å². The van der Waals surface area contributed by atoms with Gasteiger partial charge in [-0.1, -0.05) is 13.8 Å². The molecule has 0 fully saturated rings. The molecule has 1 rings (SSSR count). The van der Waals surface area contributed by atoms with Crippen molar-refractivity contribution in [3.63, 3.8) is 0 Å². The van der Waals surface area contributed by atoms with Crippen LogP contribution in [-0.2, 0) is 9.05 Å². The van der Waals surface area contributed by atoms with Crippen LogP contribution < -0.4 is 0 Å². The number of hydrogen-bond acceptors (Lipinski definition) is 5. The zero-order valence-corrected chi connectivity index (χ0v) is 13.4. The highest BCUT2D eigenvalue weighted by Gasteiger charge is 2.41. The van der Waals surface area contributed by atoms with Crippen LogP contribution in [-0.4, -0.2) is 0 Å². The Morgan fingerprint density at radius 3 is 1.70 bits per heavy atom. The summed E-state index contributed by atoms with van der Waals surface area (Å²) in [4.78, 5) is 0. The van der Waals surface area contributed by atoms with Crippen LogP contribution >= 0.6 is 23.3 Å². The Labute approximate surface area is 115 Å². The minimum Gasteiger partial charge on any atom is -0.427 e. The zero-order chi connectivity index (χ0) is 15.3. The van der Waals surface area contributed by atoms with Crippen molar-refractivity contribution in [2.45, 2.75) is 26.7 Å². The lowest BCUT2D eigenvalue weighted by molar-refractivity contribution is 0.464. The van der Waals surface area contributed by atoms with Gasteiger partial charge in [0.2, 0.25) is 0 Å². The highest BCUT2D eigenvalue weighted by atomic mass is 31.3. The van der Waals surface area contributed by atoms with E-state index in [0.717, 1.165) is 12.5 Å². The maximum absolute atomic E-state index is 14.1. The third kappa shape index (κ3) is 5.47. The summed E-state index contributed by atoms with van der Waals surface area (Å²) >= 11 is 0. The molecule has 1 aliphatic rings. The third-order valence-electron chi connectivity index (χ3n) is 1.71. The molecule has 0 saturated carbocycles. The summed E-state index contributed by atoms with van der Waals surface area (Å²) in [7, 11) is -15.1. The molecule has 0 aromatic rings. The van der Waals surface area contributed by atoms with Crippen LogP contribution in [0.25, 0.3) is 0 Å². The summed E-state index contributed by atoms with van der Waals surface area (Å²) in [6, 6.07) is 0. The van der Waals surface area contributed by atoms with E-state index < -0.39 is 23.3 Å². The van der Waals surface area contributed by atoms with Gasteiger partial charge in [-0.3, -0.25) is 0 Å². The second-order valence-electron chi connectivity index (χ2n) is 3.44. The van der Waals surface area contributed by atoms with Crippen molar-refractivity contribution in [2.75, 3.05) is 0 Å². The fraction of sp³-hybridized carbons (Fsp3) is 0.500. The molecule has 0 bridgehead atoms. The van der Waals surface area contributed by atoms with E-state index >= 15 is 0 Å². The van der Waals surface area contributed by atoms with Crippen LogP contribution in [0.2, 0.25) is 0 Å². The maximum atomic E-state index is 14.1. The Hall–Kier alpha value is -0.510. The lowest BCUT2D eigenvalue weighted by Crippen LogP contribution is -1.82. The molecule has 2 atom stereocenters. The van der Waals surface area contributed by atoms with Crippen molar-refractivity contribution in [2.24, 2.45) is 13.5 Å². The van der Waals surface area contributed by atoms with Gasteiger partial charge in [0.15, 0.2) is 0 Å². The molecule has 116 valence electrons. The highest BCUT2D eigenvalue weighted by molar-refractivity contribution is 7.77. The van der Waals surface area contributed by atoms with Crippen LogP contribution in [0.4, 0.5) is 16.8 Å². The first-order valence-corrected chi connectivity index (χ1v) is 10.1. The van der Waals surface area contributed by atoms with Gasteiger partial charge in [-0.05, 0) is 25.0 Å². The smallest absolute Gasteiger partial charge is 0.427 e. The molecule has 0 radical (unpaired) electrons. The minimum absolute atomic E-state index is 0.488.